The van der Waals surface area contributed by atoms with E-state index < -0.39 is 0 Å². The number of carbonyl (C=O) groups excluding carboxylic acids is 1. The number of esters is 1. The Morgan fingerprint density at radius 1 is 1.50 bits per heavy atom. The van der Waals surface area contributed by atoms with Crippen LogP contribution in [0.2, 0.25) is 0 Å². The highest BCUT2D eigenvalue weighted by Crippen LogP contribution is 1.98. The highest BCUT2D eigenvalue weighted by Gasteiger charge is 2.05. The van der Waals surface area contributed by atoms with Gasteiger partial charge in [0.25, 0.3) is 0 Å². The van der Waals surface area contributed by atoms with Crippen molar-refractivity contribution in [2.45, 2.75) is 19.9 Å². The normalized spacial score (nSPS) is 10.4. The average Bonchev–Trinajstić information content (AvgIpc) is 2.29. The van der Waals surface area contributed by atoms with Gasteiger partial charge in [-0.2, -0.15) is 0 Å². The molecule has 0 amide bonds. The lowest BCUT2D eigenvalue weighted by atomic mass is 10.3. The van der Waals surface area contributed by atoms with Crippen LogP contribution in [0, 0.1) is 5.41 Å². The summed E-state index contributed by atoms with van der Waals surface area (Å²) in [6.07, 6.45) is 1.83. The molecule has 0 saturated carbocycles. The number of nitrogens with one attached hydrogen (secondary N) is 1. The first kappa shape index (κ1) is 14.3. The van der Waals surface area contributed by atoms with Crippen molar-refractivity contribution < 1.29 is 9.53 Å². The van der Waals surface area contributed by atoms with Crippen molar-refractivity contribution >= 4 is 11.7 Å². The van der Waals surface area contributed by atoms with Crippen molar-refractivity contribution in [3.05, 3.63) is 30.1 Å². The monoisotopic (exact) mass is 249 g/mol. The molecule has 1 aromatic heterocycles. The van der Waals surface area contributed by atoms with Gasteiger partial charge >= 0.3 is 5.97 Å². The number of rotatable bonds is 7. The van der Waals surface area contributed by atoms with Crippen LogP contribution in [0.4, 0.5) is 0 Å². The number of aromatic nitrogens is 1. The molecule has 1 aromatic rings. The maximum atomic E-state index is 11.2. The summed E-state index contributed by atoms with van der Waals surface area (Å²) < 4.78 is 5.02. The highest BCUT2D eigenvalue weighted by atomic mass is 16.5. The molecule has 0 bridgehead atoms. The molecule has 0 spiro atoms. The van der Waals surface area contributed by atoms with E-state index in [1.807, 2.05) is 30.1 Å². The molecule has 1 heterocycles. The van der Waals surface area contributed by atoms with E-state index >= 15 is 0 Å². The number of pyridine rings is 1. The maximum Gasteiger partial charge on any atom is 0.311 e. The van der Waals surface area contributed by atoms with Gasteiger partial charge in [-0.15, -0.1) is 0 Å². The van der Waals surface area contributed by atoms with Gasteiger partial charge in [-0.05, 0) is 26.1 Å². The van der Waals surface area contributed by atoms with Gasteiger partial charge in [0, 0.05) is 25.0 Å². The standard InChI is InChI=1S/C13H19N3O2/c1-11(14)9-13(17)18-8-7-16(2)10-12-5-3-4-6-15-12/h3-6,14H,7-10H2,1-2H3. The fourth-order valence-corrected chi connectivity index (χ4v) is 1.43. The average molecular weight is 249 g/mol. The van der Waals surface area contributed by atoms with Crippen LogP contribution >= 0.6 is 0 Å². The van der Waals surface area contributed by atoms with E-state index in [4.69, 9.17) is 10.1 Å². The minimum atomic E-state index is -0.339. The summed E-state index contributed by atoms with van der Waals surface area (Å²) in [5, 5.41) is 7.17. The lowest BCUT2D eigenvalue weighted by Gasteiger charge is -2.15. The van der Waals surface area contributed by atoms with Crippen LogP contribution in [0.25, 0.3) is 0 Å². The number of nitrogens with zero attached hydrogens (tertiary/aromatic N) is 2. The van der Waals surface area contributed by atoms with E-state index in [1.54, 1.807) is 13.1 Å². The van der Waals surface area contributed by atoms with E-state index in [2.05, 4.69) is 4.98 Å². The molecule has 0 atom stereocenters. The van der Waals surface area contributed by atoms with Gasteiger partial charge in [-0.1, -0.05) is 6.07 Å². The summed E-state index contributed by atoms with van der Waals surface area (Å²) in [7, 11) is 1.95. The zero-order valence-electron chi connectivity index (χ0n) is 10.8. The topological polar surface area (TPSA) is 66.3 Å². The Morgan fingerprint density at radius 3 is 2.89 bits per heavy atom. The Bertz CT molecular complexity index is 392. The number of carbonyl (C=O) groups is 1. The molecule has 5 nitrogen and oxygen atoms in total. The number of likely N-dealkylation sites (N-methyl/N-ethyl adjacent to an activating group) is 1. The molecule has 1 N–H and O–H groups in total. The smallest absolute Gasteiger partial charge is 0.311 e. The number of hydrogen-bond acceptors (Lipinski definition) is 5. The molecule has 18 heavy (non-hydrogen) atoms. The van der Waals surface area contributed by atoms with E-state index in [0.29, 0.717) is 18.9 Å². The minimum absolute atomic E-state index is 0.0734. The van der Waals surface area contributed by atoms with Crippen molar-refractivity contribution in [3.63, 3.8) is 0 Å². The second-order valence-electron chi connectivity index (χ2n) is 4.24. The third-order valence-corrected chi connectivity index (χ3v) is 2.30. The van der Waals surface area contributed by atoms with E-state index in [9.17, 15) is 4.79 Å². The first-order chi connectivity index (χ1) is 8.58. The molecule has 0 radical (unpaired) electrons. The molecule has 98 valence electrons. The second kappa shape index (κ2) is 7.55. The SMILES string of the molecule is CC(=N)CC(=O)OCCN(C)Cc1ccccn1. The lowest BCUT2D eigenvalue weighted by molar-refractivity contribution is -0.142. The first-order valence-electron chi connectivity index (χ1n) is 5.86. The summed E-state index contributed by atoms with van der Waals surface area (Å²) in [6.45, 7) is 3.31. The molecule has 5 heteroatoms. The van der Waals surface area contributed by atoms with Crippen LogP contribution < -0.4 is 0 Å². The van der Waals surface area contributed by atoms with Gasteiger partial charge in [-0.25, -0.2) is 0 Å². The second-order valence-corrected chi connectivity index (χ2v) is 4.24. The molecule has 1 rings (SSSR count). The molecular formula is C13H19N3O2. The fourth-order valence-electron chi connectivity index (χ4n) is 1.43. The van der Waals surface area contributed by atoms with Crippen molar-refractivity contribution in [3.8, 4) is 0 Å². The first-order valence-corrected chi connectivity index (χ1v) is 5.86. The largest absolute Gasteiger partial charge is 0.464 e. The van der Waals surface area contributed by atoms with Crippen LogP contribution in [0.3, 0.4) is 0 Å². The lowest BCUT2D eigenvalue weighted by Crippen LogP contribution is -2.24. The predicted octanol–water partition coefficient (Wildman–Crippen LogP) is 1.49. The summed E-state index contributed by atoms with van der Waals surface area (Å²) >= 11 is 0. The predicted molar refractivity (Wildman–Crippen MR) is 69.5 cm³/mol. The van der Waals surface area contributed by atoms with Crippen LogP contribution in [0.1, 0.15) is 19.0 Å². The quantitative estimate of drug-likeness (QED) is 0.587. The minimum Gasteiger partial charge on any atom is -0.464 e. The Balaban J connectivity index is 2.19. The zero-order valence-corrected chi connectivity index (χ0v) is 10.8. The third-order valence-electron chi connectivity index (χ3n) is 2.30. The number of hydrogen-bond donors (Lipinski definition) is 1. The highest BCUT2D eigenvalue weighted by molar-refractivity contribution is 5.95. The molecule has 0 aliphatic rings. The molecule has 0 aromatic carbocycles. The van der Waals surface area contributed by atoms with Crippen LogP contribution in [0.5, 0.6) is 0 Å². The van der Waals surface area contributed by atoms with Crippen molar-refractivity contribution in [2.75, 3.05) is 20.2 Å². The van der Waals surface area contributed by atoms with Crippen LogP contribution in [-0.2, 0) is 16.1 Å². The molecule has 0 aliphatic heterocycles. The van der Waals surface area contributed by atoms with Gasteiger partial charge < -0.3 is 10.1 Å². The maximum absolute atomic E-state index is 11.2. The Hall–Kier alpha value is -1.75. The van der Waals surface area contributed by atoms with Gasteiger partial charge in [0.2, 0.25) is 0 Å². The van der Waals surface area contributed by atoms with Gasteiger partial charge in [0.15, 0.2) is 0 Å². The summed E-state index contributed by atoms with van der Waals surface area (Å²) in [4.78, 5) is 17.5. The summed E-state index contributed by atoms with van der Waals surface area (Å²) in [5.41, 5.74) is 1.31. The van der Waals surface area contributed by atoms with Crippen LogP contribution in [-0.4, -0.2) is 41.8 Å². The molecule has 0 saturated heterocycles. The Labute approximate surface area is 107 Å². The third kappa shape index (κ3) is 6.10. The zero-order chi connectivity index (χ0) is 13.4. The summed E-state index contributed by atoms with van der Waals surface area (Å²) in [5.74, 6) is -0.339. The van der Waals surface area contributed by atoms with Gasteiger partial charge in [-0.3, -0.25) is 14.7 Å². The molecule has 0 fully saturated rings. The van der Waals surface area contributed by atoms with Crippen molar-refractivity contribution in [2.24, 2.45) is 0 Å². The van der Waals surface area contributed by atoms with Crippen molar-refractivity contribution in [1.29, 1.82) is 5.41 Å². The van der Waals surface area contributed by atoms with E-state index in [1.165, 1.54) is 0 Å². The van der Waals surface area contributed by atoms with Crippen molar-refractivity contribution in [1.82, 2.24) is 9.88 Å². The summed E-state index contributed by atoms with van der Waals surface area (Å²) in [6, 6.07) is 5.79. The van der Waals surface area contributed by atoms with Crippen LogP contribution in [0.15, 0.2) is 24.4 Å². The Morgan fingerprint density at radius 2 is 2.28 bits per heavy atom. The Kier molecular flexibility index (Phi) is 6.00. The number of ether oxygens (including phenoxy) is 1. The molecule has 0 aliphatic carbocycles. The fraction of sp³-hybridized carbons (Fsp3) is 0.462. The van der Waals surface area contributed by atoms with Gasteiger partial charge in [0.05, 0.1) is 12.1 Å². The molecule has 0 unspecified atom stereocenters. The van der Waals surface area contributed by atoms with Gasteiger partial charge in [0.1, 0.15) is 6.61 Å². The van der Waals surface area contributed by atoms with E-state index in [-0.39, 0.29) is 12.4 Å². The molecular weight excluding hydrogens is 230 g/mol. The van der Waals surface area contributed by atoms with E-state index in [0.717, 1.165) is 12.2 Å².